The van der Waals surface area contributed by atoms with E-state index in [-0.39, 0.29) is 30.8 Å². The molecule has 0 aromatic heterocycles. The Morgan fingerprint density at radius 3 is 2.32 bits per heavy atom. The summed E-state index contributed by atoms with van der Waals surface area (Å²) >= 11 is 0. The molecule has 2 rings (SSSR count). The maximum Gasteiger partial charge on any atom is 0.243 e. The zero-order valence-electron chi connectivity index (χ0n) is 13.1. The summed E-state index contributed by atoms with van der Waals surface area (Å²) in [5, 5.41) is 2.78. The third-order valence-corrected chi connectivity index (χ3v) is 3.98. The highest BCUT2D eigenvalue weighted by Crippen LogP contribution is 2.28. The van der Waals surface area contributed by atoms with Crippen LogP contribution in [-0.4, -0.2) is 35.8 Å². The van der Waals surface area contributed by atoms with Crippen molar-refractivity contribution in [2.24, 2.45) is 5.73 Å². The second-order valence-electron chi connectivity index (χ2n) is 5.94. The highest BCUT2D eigenvalue weighted by atomic mass is 35.5. The van der Waals surface area contributed by atoms with Crippen molar-refractivity contribution in [2.75, 3.05) is 18.9 Å². The van der Waals surface area contributed by atoms with Crippen molar-refractivity contribution >= 4 is 29.9 Å². The number of aryl methyl sites for hydroxylation is 1. The van der Waals surface area contributed by atoms with Gasteiger partial charge >= 0.3 is 0 Å². The molecule has 22 heavy (non-hydrogen) atoms. The molecule has 0 aliphatic heterocycles. The minimum Gasteiger partial charge on any atom is -0.335 e. The Morgan fingerprint density at radius 2 is 1.77 bits per heavy atom. The summed E-state index contributed by atoms with van der Waals surface area (Å²) in [5.74, 6) is -0.352. The van der Waals surface area contributed by atoms with Crippen molar-refractivity contribution in [3.63, 3.8) is 0 Å². The van der Waals surface area contributed by atoms with Crippen LogP contribution in [0.5, 0.6) is 0 Å². The minimum absolute atomic E-state index is 0. The molecule has 3 N–H and O–H groups in total. The predicted molar refractivity (Wildman–Crippen MR) is 90.1 cm³/mol. The molecule has 122 valence electrons. The van der Waals surface area contributed by atoms with E-state index in [4.69, 9.17) is 5.73 Å². The maximum absolute atomic E-state index is 12.3. The first-order valence-corrected chi connectivity index (χ1v) is 7.32. The molecule has 2 amide bonds. The highest BCUT2D eigenvalue weighted by Gasteiger charge is 2.39. The normalized spacial score (nSPS) is 15.8. The Hall–Kier alpha value is -1.59. The lowest BCUT2D eigenvalue weighted by molar-refractivity contribution is -0.138. The van der Waals surface area contributed by atoms with Crippen LogP contribution in [0.4, 0.5) is 5.69 Å². The summed E-state index contributed by atoms with van der Waals surface area (Å²) < 4.78 is 0. The monoisotopic (exact) mass is 325 g/mol. The van der Waals surface area contributed by atoms with E-state index < -0.39 is 5.54 Å². The van der Waals surface area contributed by atoms with Gasteiger partial charge in [0.2, 0.25) is 11.8 Å². The number of nitrogens with two attached hydrogens (primary N) is 1. The summed E-state index contributed by atoms with van der Waals surface area (Å²) in [6.45, 7) is 2.01. The molecule has 0 heterocycles. The summed E-state index contributed by atoms with van der Waals surface area (Å²) in [5.41, 5.74) is 7.21. The Balaban J connectivity index is 0.00000242. The fourth-order valence-corrected chi connectivity index (χ4v) is 2.72. The zero-order valence-corrected chi connectivity index (χ0v) is 13.9. The van der Waals surface area contributed by atoms with Crippen LogP contribution in [0.1, 0.15) is 31.2 Å². The quantitative estimate of drug-likeness (QED) is 0.890. The van der Waals surface area contributed by atoms with Gasteiger partial charge in [-0.05, 0) is 31.9 Å². The molecule has 5 nitrogen and oxygen atoms in total. The van der Waals surface area contributed by atoms with Crippen LogP contribution in [0.25, 0.3) is 0 Å². The van der Waals surface area contributed by atoms with E-state index in [9.17, 15) is 9.59 Å². The summed E-state index contributed by atoms with van der Waals surface area (Å²) in [7, 11) is 1.63. The summed E-state index contributed by atoms with van der Waals surface area (Å²) in [6.07, 6.45) is 3.36. The van der Waals surface area contributed by atoms with Gasteiger partial charge in [0.25, 0.3) is 0 Å². The van der Waals surface area contributed by atoms with E-state index >= 15 is 0 Å². The van der Waals surface area contributed by atoms with Gasteiger partial charge in [-0.1, -0.05) is 30.5 Å². The van der Waals surface area contributed by atoms with Crippen molar-refractivity contribution in [3.05, 3.63) is 29.8 Å². The standard InChI is InChI=1S/C16H23N3O2.ClH/c1-12-5-7-13(8-6-12)18-14(20)11-19(2)15(21)16(17)9-3-4-10-16;/h5-8H,3-4,9-11,17H2,1-2H3,(H,18,20);1H. The number of hydrogen-bond donors (Lipinski definition) is 2. The largest absolute Gasteiger partial charge is 0.335 e. The summed E-state index contributed by atoms with van der Waals surface area (Å²) in [4.78, 5) is 25.7. The molecule has 0 atom stereocenters. The molecule has 1 aliphatic carbocycles. The van der Waals surface area contributed by atoms with Gasteiger partial charge in [0, 0.05) is 12.7 Å². The van der Waals surface area contributed by atoms with Gasteiger partial charge in [0.15, 0.2) is 0 Å². The summed E-state index contributed by atoms with van der Waals surface area (Å²) in [6, 6.07) is 7.54. The molecule has 0 radical (unpaired) electrons. The molecule has 1 aromatic rings. The second-order valence-corrected chi connectivity index (χ2v) is 5.94. The van der Waals surface area contributed by atoms with Gasteiger partial charge < -0.3 is 16.0 Å². The number of rotatable bonds is 4. The highest BCUT2D eigenvalue weighted by molar-refractivity contribution is 5.96. The van der Waals surface area contributed by atoms with Gasteiger partial charge in [-0.25, -0.2) is 0 Å². The van der Waals surface area contributed by atoms with Gasteiger partial charge in [-0.3, -0.25) is 9.59 Å². The fraction of sp³-hybridized carbons (Fsp3) is 0.500. The van der Waals surface area contributed by atoms with E-state index in [1.807, 2.05) is 31.2 Å². The van der Waals surface area contributed by atoms with Gasteiger partial charge in [0.1, 0.15) is 0 Å². The van der Waals surface area contributed by atoms with Crippen LogP contribution >= 0.6 is 12.4 Å². The topological polar surface area (TPSA) is 75.4 Å². The first-order valence-electron chi connectivity index (χ1n) is 7.32. The smallest absolute Gasteiger partial charge is 0.243 e. The first-order chi connectivity index (χ1) is 9.90. The van der Waals surface area contributed by atoms with Crippen molar-refractivity contribution in [3.8, 4) is 0 Å². The number of hydrogen-bond acceptors (Lipinski definition) is 3. The van der Waals surface area contributed by atoms with E-state index in [0.717, 1.165) is 24.1 Å². The van der Waals surface area contributed by atoms with E-state index in [0.29, 0.717) is 12.8 Å². The van der Waals surface area contributed by atoms with Gasteiger partial charge in [0.05, 0.1) is 12.1 Å². The molecule has 6 heteroatoms. The fourth-order valence-electron chi connectivity index (χ4n) is 2.72. The third kappa shape index (κ3) is 4.45. The number of amides is 2. The van der Waals surface area contributed by atoms with Crippen molar-refractivity contribution < 1.29 is 9.59 Å². The molecule has 0 unspecified atom stereocenters. The van der Waals surface area contributed by atoms with Crippen molar-refractivity contribution in [2.45, 2.75) is 38.1 Å². The lowest BCUT2D eigenvalue weighted by Gasteiger charge is -2.28. The number of anilines is 1. The maximum atomic E-state index is 12.3. The molecule has 0 saturated heterocycles. The SMILES string of the molecule is Cc1ccc(NC(=O)CN(C)C(=O)C2(N)CCCC2)cc1.Cl. The molecule has 1 fully saturated rings. The number of benzene rings is 1. The Kier molecular flexibility index (Phi) is 6.38. The number of carbonyl (C=O) groups excluding carboxylic acids is 2. The third-order valence-electron chi connectivity index (χ3n) is 3.98. The minimum atomic E-state index is -0.779. The van der Waals surface area contributed by atoms with Crippen molar-refractivity contribution in [1.29, 1.82) is 0 Å². The molecular formula is C16H24ClN3O2. The van der Waals surface area contributed by atoms with Crippen molar-refractivity contribution in [1.82, 2.24) is 4.90 Å². The number of nitrogens with zero attached hydrogens (tertiary/aromatic N) is 1. The van der Waals surface area contributed by atoms with Crippen LogP contribution in [0.2, 0.25) is 0 Å². The molecule has 0 bridgehead atoms. The number of likely N-dealkylation sites (N-methyl/N-ethyl adjacent to an activating group) is 1. The van der Waals surface area contributed by atoms with Gasteiger partial charge in [-0.15, -0.1) is 12.4 Å². The van der Waals surface area contributed by atoms with Gasteiger partial charge in [-0.2, -0.15) is 0 Å². The second kappa shape index (κ2) is 7.61. The molecule has 1 aromatic carbocycles. The van der Waals surface area contributed by atoms with E-state index in [2.05, 4.69) is 5.32 Å². The number of carbonyl (C=O) groups is 2. The zero-order chi connectivity index (χ0) is 15.5. The molecule has 1 aliphatic rings. The number of halogens is 1. The average molecular weight is 326 g/mol. The van der Waals surface area contributed by atoms with E-state index in [1.165, 1.54) is 4.90 Å². The molecule has 0 spiro atoms. The van der Waals surface area contributed by atoms with Crippen LogP contribution < -0.4 is 11.1 Å². The lowest BCUT2D eigenvalue weighted by atomic mass is 9.97. The number of nitrogens with one attached hydrogen (secondary N) is 1. The average Bonchev–Trinajstić information content (AvgIpc) is 2.88. The predicted octanol–water partition coefficient (Wildman–Crippen LogP) is 2.09. The van der Waals surface area contributed by atoms with Crippen LogP contribution in [-0.2, 0) is 9.59 Å². The lowest BCUT2D eigenvalue weighted by Crippen LogP contribution is -2.53. The van der Waals surface area contributed by atoms with Crippen LogP contribution in [0.3, 0.4) is 0 Å². The molecule has 1 saturated carbocycles. The molecular weight excluding hydrogens is 302 g/mol. The van der Waals surface area contributed by atoms with Crippen LogP contribution in [0.15, 0.2) is 24.3 Å². The first kappa shape index (κ1) is 18.5. The van der Waals surface area contributed by atoms with Crippen LogP contribution in [0, 0.1) is 6.92 Å². The Bertz CT molecular complexity index is 525. The van der Waals surface area contributed by atoms with E-state index in [1.54, 1.807) is 7.05 Å². The Morgan fingerprint density at radius 1 is 1.23 bits per heavy atom. The Labute approximate surface area is 137 Å².